The highest BCUT2D eigenvalue weighted by Crippen LogP contribution is 2.26. The monoisotopic (exact) mass is 247 g/mol. The van der Waals surface area contributed by atoms with Crippen molar-refractivity contribution in [3.8, 4) is 0 Å². The van der Waals surface area contributed by atoms with Crippen LogP contribution in [-0.4, -0.2) is 36.4 Å². The van der Waals surface area contributed by atoms with Gasteiger partial charge in [-0.15, -0.1) is 0 Å². The zero-order valence-electron chi connectivity index (χ0n) is 8.21. The Morgan fingerprint density at radius 1 is 1.50 bits per heavy atom. The number of aromatic amines is 2. The minimum Gasteiger partial charge on any atom is -0.369 e. The molecule has 0 unspecified atom stereocenters. The molecule has 16 heavy (non-hydrogen) atoms. The first-order valence-electron chi connectivity index (χ1n) is 3.99. The number of aromatic nitrogens is 4. The van der Waals surface area contributed by atoms with Gasteiger partial charge in [0, 0.05) is 6.66 Å². The maximum atomic E-state index is 11.0. The van der Waals surface area contributed by atoms with Crippen LogP contribution in [0, 0.1) is 0 Å². The second-order valence-corrected chi connectivity index (χ2v) is 4.56. The Kier molecular flexibility index (Phi) is 3.43. The number of hydrogen-bond acceptors (Lipinski definition) is 5. The quantitative estimate of drug-likeness (QED) is 0.374. The van der Waals surface area contributed by atoms with Crippen LogP contribution in [0.3, 0.4) is 0 Å². The number of nitrogen functional groups attached to an aromatic ring is 1. The predicted octanol–water partition coefficient (Wildman–Crippen LogP) is -0.978. The summed E-state index contributed by atoms with van der Waals surface area (Å²) >= 11 is 0. The molecule has 0 atom stereocenters. The van der Waals surface area contributed by atoms with Crippen molar-refractivity contribution in [3.05, 3.63) is 16.7 Å². The summed E-state index contributed by atoms with van der Waals surface area (Å²) in [6.07, 6.45) is 1.40. The van der Waals surface area contributed by atoms with Crippen molar-refractivity contribution in [3.63, 3.8) is 0 Å². The van der Waals surface area contributed by atoms with Gasteiger partial charge in [0.1, 0.15) is 0 Å². The van der Waals surface area contributed by atoms with Crippen LogP contribution < -0.4 is 11.3 Å². The minimum absolute atomic E-state index is 0.0783. The SMILES string of the molecule is CP(=O)(O)O.Nc1nc2nc[nH]c2c(=O)[nH]1. The Hall–Kier alpha value is -1.70. The Labute approximate surface area is 88.9 Å². The van der Waals surface area contributed by atoms with E-state index >= 15 is 0 Å². The molecule has 0 saturated heterocycles. The molecule has 0 aliphatic rings. The molecule has 0 radical (unpaired) electrons. The van der Waals surface area contributed by atoms with Gasteiger partial charge in [-0.3, -0.25) is 14.3 Å². The van der Waals surface area contributed by atoms with Gasteiger partial charge in [-0.1, -0.05) is 0 Å². The van der Waals surface area contributed by atoms with Crippen LogP contribution in [0.25, 0.3) is 11.2 Å². The topological polar surface area (TPSA) is 158 Å². The van der Waals surface area contributed by atoms with Gasteiger partial charge in [-0.05, 0) is 0 Å². The standard InChI is InChI=1S/C5H5N5O.CH5O3P/c6-5-9-3-2(4(11)10-5)7-1-8-3;1-5(2,3)4/h1H,(H4,6,7,8,9,10,11);1H3,(H2,2,3,4). The molecule has 0 spiro atoms. The summed E-state index contributed by atoms with van der Waals surface area (Å²) in [7, 11) is -3.64. The summed E-state index contributed by atoms with van der Waals surface area (Å²) < 4.78 is 9.33. The van der Waals surface area contributed by atoms with E-state index in [9.17, 15) is 9.36 Å². The van der Waals surface area contributed by atoms with Crippen molar-refractivity contribution < 1.29 is 14.4 Å². The van der Waals surface area contributed by atoms with E-state index < -0.39 is 7.60 Å². The van der Waals surface area contributed by atoms with Crippen LogP contribution in [0.2, 0.25) is 0 Å². The summed E-state index contributed by atoms with van der Waals surface area (Å²) in [4.78, 5) is 38.8. The van der Waals surface area contributed by atoms with Gasteiger partial charge in [0.25, 0.3) is 5.56 Å². The first-order chi connectivity index (χ1) is 7.27. The van der Waals surface area contributed by atoms with E-state index in [1.165, 1.54) is 6.33 Å². The smallest absolute Gasteiger partial charge is 0.322 e. The molecule has 0 aromatic carbocycles. The zero-order valence-corrected chi connectivity index (χ0v) is 9.10. The largest absolute Gasteiger partial charge is 0.369 e. The fourth-order valence-corrected chi connectivity index (χ4v) is 0.860. The van der Waals surface area contributed by atoms with Crippen LogP contribution in [0.4, 0.5) is 5.95 Å². The maximum Gasteiger partial charge on any atom is 0.322 e. The average Bonchev–Trinajstić information content (AvgIpc) is 2.47. The Morgan fingerprint density at radius 2 is 2.06 bits per heavy atom. The van der Waals surface area contributed by atoms with Crippen molar-refractivity contribution >= 4 is 24.7 Å². The van der Waals surface area contributed by atoms with E-state index in [4.69, 9.17) is 15.5 Å². The van der Waals surface area contributed by atoms with Crippen LogP contribution in [0.15, 0.2) is 11.1 Å². The molecule has 2 heterocycles. The Bertz CT molecular complexity index is 576. The minimum atomic E-state index is -3.64. The molecule has 2 rings (SSSR count). The highest BCUT2D eigenvalue weighted by Gasteiger charge is 2.01. The number of nitrogens with zero attached hydrogens (tertiary/aromatic N) is 2. The third-order valence-corrected chi connectivity index (χ3v) is 1.31. The van der Waals surface area contributed by atoms with Gasteiger partial charge in [0.2, 0.25) is 5.95 Å². The Morgan fingerprint density at radius 3 is 2.62 bits per heavy atom. The van der Waals surface area contributed by atoms with E-state index in [1.54, 1.807) is 0 Å². The summed E-state index contributed by atoms with van der Waals surface area (Å²) in [6.45, 7) is 0.854. The van der Waals surface area contributed by atoms with Crippen molar-refractivity contribution in [2.75, 3.05) is 12.4 Å². The molecule has 2 aromatic heterocycles. The highest BCUT2D eigenvalue weighted by atomic mass is 31.2. The summed E-state index contributed by atoms with van der Waals surface area (Å²) in [5.41, 5.74) is 5.65. The van der Waals surface area contributed by atoms with Gasteiger partial charge < -0.3 is 20.5 Å². The lowest BCUT2D eigenvalue weighted by Gasteiger charge is -1.89. The molecule has 0 aliphatic carbocycles. The molecule has 9 nitrogen and oxygen atoms in total. The van der Waals surface area contributed by atoms with Crippen molar-refractivity contribution in [1.82, 2.24) is 19.9 Å². The molecular formula is C6H10N5O4P. The number of nitrogens with two attached hydrogens (primary N) is 1. The van der Waals surface area contributed by atoms with Crippen LogP contribution >= 0.6 is 7.60 Å². The molecule has 88 valence electrons. The fourth-order valence-electron chi connectivity index (χ4n) is 0.860. The van der Waals surface area contributed by atoms with Crippen LogP contribution in [0.5, 0.6) is 0 Å². The molecule has 6 N–H and O–H groups in total. The third kappa shape index (κ3) is 3.81. The molecule has 10 heteroatoms. The Balaban J connectivity index is 0.000000221. The van der Waals surface area contributed by atoms with Gasteiger partial charge in [-0.25, -0.2) is 4.98 Å². The maximum absolute atomic E-state index is 11.0. The second-order valence-electron chi connectivity index (χ2n) is 2.89. The molecule has 0 aliphatic heterocycles. The second kappa shape index (κ2) is 4.44. The molecule has 0 fully saturated rings. The van der Waals surface area contributed by atoms with E-state index in [2.05, 4.69) is 19.9 Å². The van der Waals surface area contributed by atoms with Crippen LogP contribution in [0.1, 0.15) is 0 Å². The van der Waals surface area contributed by atoms with E-state index in [1.807, 2.05) is 0 Å². The lowest BCUT2D eigenvalue weighted by Crippen LogP contribution is -2.10. The zero-order chi connectivity index (χ0) is 12.3. The lowest BCUT2D eigenvalue weighted by molar-refractivity contribution is 0.381. The summed E-state index contributed by atoms with van der Waals surface area (Å²) in [5, 5.41) is 0. The van der Waals surface area contributed by atoms with Gasteiger partial charge >= 0.3 is 7.60 Å². The average molecular weight is 247 g/mol. The number of imidazole rings is 1. The van der Waals surface area contributed by atoms with Crippen molar-refractivity contribution in [2.45, 2.75) is 0 Å². The number of rotatable bonds is 0. The van der Waals surface area contributed by atoms with E-state index in [0.717, 1.165) is 6.66 Å². The van der Waals surface area contributed by atoms with Gasteiger partial charge in [0.15, 0.2) is 11.2 Å². The first-order valence-corrected chi connectivity index (χ1v) is 6.05. The highest BCUT2D eigenvalue weighted by molar-refractivity contribution is 7.50. The number of hydrogen-bond donors (Lipinski definition) is 5. The molecule has 0 saturated carbocycles. The first kappa shape index (κ1) is 12.4. The van der Waals surface area contributed by atoms with Crippen LogP contribution in [-0.2, 0) is 4.57 Å². The van der Waals surface area contributed by atoms with E-state index in [-0.39, 0.29) is 11.5 Å². The molecule has 2 aromatic rings. The third-order valence-electron chi connectivity index (χ3n) is 1.31. The molecule has 0 amide bonds. The molecular weight excluding hydrogens is 237 g/mol. The van der Waals surface area contributed by atoms with Crippen molar-refractivity contribution in [2.24, 2.45) is 0 Å². The fraction of sp³-hybridized carbons (Fsp3) is 0.167. The number of nitrogens with one attached hydrogen (secondary N) is 2. The summed E-state index contributed by atoms with van der Waals surface area (Å²) in [5.74, 6) is 0.0783. The normalized spacial score (nSPS) is 10.9. The number of H-pyrrole nitrogens is 2. The van der Waals surface area contributed by atoms with E-state index in [0.29, 0.717) is 11.2 Å². The number of fused-ring (bicyclic) bond motifs is 1. The summed E-state index contributed by atoms with van der Waals surface area (Å²) in [6, 6.07) is 0. The van der Waals surface area contributed by atoms with Crippen molar-refractivity contribution in [1.29, 1.82) is 0 Å². The lowest BCUT2D eigenvalue weighted by atomic mass is 10.5. The van der Waals surface area contributed by atoms with Gasteiger partial charge in [-0.2, -0.15) is 4.98 Å². The van der Waals surface area contributed by atoms with Gasteiger partial charge in [0.05, 0.1) is 6.33 Å². The predicted molar refractivity (Wildman–Crippen MR) is 56.9 cm³/mol. The molecule has 0 bridgehead atoms. The number of anilines is 1.